The van der Waals surface area contributed by atoms with Gasteiger partial charge >= 0.3 is 5.97 Å². The monoisotopic (exact) mass is 160 g/mol. The molecule has 0 radical (unpaired) electrons. The van der Waals surface area contributed by atoms with E-state index < -0.39 is 5.97 Å². The van der Waals surface area contributed by atoms with Gasteiger partial charge in [0.15, 0.2) is 0 Å². The minimum atomic E-state index is -0.805. The summed E-state index contributed by atoms with van der Waals surface area (Å²) < 4.78 is 5.23. The van der Waals surface area contributed by atoms with E-state index in [1.165, 1.54) is 0 Å². The van der Waals surface area contributed by atoms with Crippen molar-refractivity contribution in [3.8, 4) is 0 Å². The molecule has 0 saturated carbocycles. The normalized spacial score (nSPS) is 13.5. The molecule has 0 aliphatic heterocycles. The SMILES string of the molecule is CC(C)C(C)OCCC(=O)O. The fourth-order valence-electron chi connectivity index (χ4n) is 0.525. The number of carboxylic acid groups (broad SMARTS) is 1. The van der Waals surface area contributed by atoms with Crippen LogP contribution >= 0.6 is 0 Å². The highest BCUT2D eigenvalue weighted by Gasteiger charge is 2.07. The van der Waals surface area contributed by atoms with Crippen molar-refractivity contribution < 1.29 is 14.6 Å². The third kappa shape index (κ3) is 5.85. The molecule has 1 unspecified atom stereocenters. The molecule has 0 aromatic rings. The van der Waals surface area contributed by atoms with Crippen LogP contribution < -0.4 is 0 Å². The molecular weight excluding hydrogens is 144 g/mol. The van der Waals surface area contributed by atoms with Crippen LogP contribution in [0.1, 0.15) is 27.2 Å². The number of hydrogen-bond donors (Lipinski definition) is 1. The lowest BCUT2D eigenvalue weighted by atomic mass is 10.1. The van der Waals surface area contributed by atoms with Crippen LogP contribution in [0.5, 0.6) is 0 Å². The molecule has 0 aromatic heterocycles. The molecule has 0 amide bonds. The Labute approximate surface area is 67.4 Å². The van der Waals surface area contributed by atoms with Crippen molar-refractivity contribution in [3.05, 3.63) is 0 Å². The Hall–Kier alpha value is -0.570. The number of hydrogen-bond acceptors (Lipinski definition) is 2. The first kappa shape index (κ1) is 10.4. The molecule has 0 spiro atoms. The van der Waals surface area contributed by atoms with Crippen molar-refractivity contribution in [2.24, 2.45) is 5.92 Å². The van der Waals surface area contributed by atoms with E-state index in [0.717, 1.165) is 0 Å². The second-order valence-corrected chi connectivity index (χ2v) is 2.96. The number of aliphatic carboxylic acids is 1. The third-order valence-corrected chi connectivity index (χ3v) is 1.64. The van der Waals surface area contributed by atoms with Crippen LogP contribution in [0.3, 0.4) is 0 Å². The fraction of sp³-hybridized carbons (Fsp3) is 0.875. The predicted octanol–water partition coefficient (Wildman–Crippen LogP) is 1.52. The van der Waals surface area contributed by atoms with Crippen LogP contribution in [0.4, 0.5) is 0 Å². The molecule has 3 nitrogen and oxygen atoms in total. The Bertz CT molecular complexity index is 121. The molecule has 0 fully saturated rings. The molecule has 0 aromatic carbocycles. The lowest BCUT2D eigenvalue weighted by molar-refractivity contribution is -0.138. The van der Waals surface area contributed by atoms with Gasteiger partial charge in [-0.1, -0.05) is 13.8 Å². The van der Waals surface area contributed by atoms with Crippen molar-refractivity contribution in [2.45, 2.75) is 33.3 Å². The molecule has 0 heterocycles. The van der Waals surface area contributed by atoms with Gasteiger partial charge < -0.3 is 9.84 Å². The van der Waals surface area contributed by atoms with Crippen molar-refractivity contribution in [2.75, 3.05) is 6.61 Å². The van der Waals surface area contributed by atoms with Gasteiger partial charge in [0.1, 0.15) is 0 Å². The highest BCUT2D eigenvalue weighted by atomic mass is 16.5. The zero-order valence-electron chi connectivity index (χ0n) is 7.33. The summed E-state index contributed by atoms with van der Waals surface area (Å²) in [5, 5.41) is 8.28. The Morgan fingerprint density at radius 2 is 2.00 bits per heavy atom. The molecular formula is C8H16O3. The van der Waals surface area contributed by atoms with Crippen LogP contribution in [0.15, 0.2) is 0 Å². The van der Waals surface area contributed by atoms with Crippen molar-refractivity contribution >= 4 is 5.97 Å². The van der Waals surface area contributed by atoms with Gasteiger partial charge in [-0.05, 0) is 12.8 Å². The van der Waals surface area contributed by atoms with Gasteiger partial charge in [0.2, 0.25) is 0 Å². The maximum Gasteiger partial charge on any atom is 0.305 e. The topological polar surface area (TPSA) is 46.5 Å². The first-order valence-corrected chi connectivity index (χ1v) is 3.87. The van der Waals surface area contributed by atoms with Crippen molar-refractivity contribution in [1.82, 2.24) is 0 Å². The standard InChI is InChI=1S/C8H16O3/c1-6(2)7(3)11-5-4-8(9)10/h6-7H,4-5H2,1-3H3,(H,9,10). The zero-order valence-corrected chi connectivity index (χ0v) is 7.33. The zero-order chi connectivity index (χ0) is 8.85. The molecule has 1 N–H and O–H groups in total. The van der Waals surface area contributed by atoms with E-state index in [-0.39, 0.29) is 12.5 Å². The van der Waals surface area contributed by atoms with E-state index in [9.17, 15) is 4.79 Å². The average Bonchev–Trinajstić information content (AvgIpc) is 1.86. The Balaban J connectivity index is 3.31. The first-order chi connectivity index (χ1) is 5.04. The first-order valence-electron chi connectivity index (χ1n) is 3.87. The van der Waals surface area contributed by atoms with Gasteiger partial charge in [-0.25, -0.2) is 0 Å². The van der Waals surface area contributed by atoms with Crippen LogP contribution in [-0.2, 0) is 9.53 Å². The highest BCUT2D eigenvalue weighted by molar-refractivity contribution is 5.66. The number of carbonyl (C=O) groups is 1. The van der Waals surface area contributed by atoms with E-state index in [1.807, 2.05) is 20.8 Å². The molecule has 0 saturated heterocycles. The van der Waals surface area contributed by atoms with Gasteiger partial charge in [0.05, 0.1) is 19.1 Å². The minimum Gasteiger partial charge on any atom is -0.481 e. The van der Waals surface area contributed by atoms with E-state index in [2.05, 4.69) is 0 Å². The van der Waals surface area contributed by atoms with Crippen LogP contribution in [0.25, 0.3) is 0 Å². The molecule has 0 rings (SSSR count). The maximum absolute atomic E-state index is 10.1. The second kappa shape index (κ2) is 5.13. The summed E-state index contributed by atoms with van der Waals surface area (Å²) in [6.07, 6.45) is 0.242. The minimum absolute atomic E-state index is 0.0943. The molecule has 66 valence electrons. The molecule has 0 bridgehead atoms. The summed E-state index contributed by atoms with van der Waals surface area (Å²) in [6.45, 7) is 6.36. The fourth-order valence-corrected chi connectivity index (χ4v) is 0.525. The Morgan fingerprint density at radius 3 is 2.36 bits per heavy atom. The lowest BCUT2D eigenvalue weighted by Crippen LogP contribution is -2.17. The summed E-state index contributed by atoms with van der Waals surface area (Å²) in [5.41, 5.74) is 0. The molecule has 11 heavy (non-hydrogen) atoms. The van der Waals surface area contributed by atoms with Crippen LogP contribution in [0.2, 0.25) is 0 Å². The molecule has 0 aliphatic carbocycles. The largest absolute Gasteiger partial charge is 0.481 e. The van der Waals surface area contributed by atoms with Gasteiger partial charge in [-0.3, -0.25) is 4.79 Å². The summed E-state index contributed by atoms with van der Waals surface area (Å²) in [7, 11) is 0. The molecule has 1 atom stereocenters. The third-order valence-electron chi connectivity index (χ3n) is 1.64. The van der Waals surface area contributed by atoms with E-state index in [0.29, 0.717) is 12.5 Å². The smallest absolute Gasteiger partial charge is 0.305 e. The van der Waals surface area contributed by atoms with Gasteiger partial charge in [0, 0.05) is 0 Å². The summed E-state index contributed by atoms with van der Waals surface area (Å²) in [6, 6.07) is 0. The maximum atomic E-state index is 10.1. The van der Waals surface area contributed by atoms with Crippen LogP contribution in [0, 0.1) is 5.92 Å². The number of rotatable bonds is 5. The van der Waals surface area contributed by atoms with Crippen molar-refractivity contribution in [3.63, 3.8) is 0 Å². The van der Waals surface area contributed by atoms with E-state index >= 15 is 0 Å². The second-order valence-electron chi connectivity index (χ2n) is 2.96. The van der Waals surface area contributed by atoms with Gasteiger partial charge in [-0.15, -0.1) is 0 Å². The number of ether oxygens (including phenoxy) is 1. The van der Waals surface area contributed by atoms with Gasteiger partial charge in [0.25, 0.3) is 0 Å². The summed E-state index contributed by atoms with van der Waals surface area (Å²) in [4.78, 5) is 10.1. The van der Waals surface area contributed by atoms with E-state index in [4.69, 9.17) is 9.84 Å². The predicted molar refractivity (Wildman–Crippen MR) is 42.5 cm³/mol. The highest BCUT2D eigenvalue weighted by Crippen LogP contribution is 2.04. The number of carboxylic acids is 1. The molecule has 0 aliphatic rings. The van der Waals surface area contributed by atoms with Gasteiger partial charge in [-0.2, -0.15) is 0 Å². The average molecular weight is 160 g/mol. The summed E-state index contributed by atoms with van der Waals surface area (Å²) >= 11 is 0. The summed E-state index contributed by atoms with van der Waals surface area (Å²) in [5.74, 6) is -0.357. The Morgan fingerprint density at radius 1 is 1.45 bits per heavy atom. The molecule has 3 heteroatoms. The lowest BCUT2D eigenvalue weighted by Gasteiger charge is -2.15. The quantitative estimate of drug-likeness (QED) is 0.663. The van der Waals surface area contributed by atoms with Crippen molar-refractivity contribution in [1.29, 1.82) is 0 Å². The Kier molecular flexibility index (Phi) is 4.86. The van der Waals surface area contributed by atoms with Crippen LogP contribution in [-0.4, -0.2) is 23.8 Å². The van der Waals surface area contributed by atoms with E-state index in [1.54, 1.807) is 0 Å².